The molecule has 0 unspecified atom stereocenters. The zero-order valence-corrected chi connectivity index (χ0v) is 16.9. The Bertz CT molecular complexity index is 605. The van der Waals surface area contributed by atoms with Crippen LogP contribution in [0.5, 0.6) is 0 Å². The third-order valence-electron chi connectivity index (χ3n) is 6.35. The van der Waals surface area contributed by atoms with Gasteiger partial charge in [-0.05, 0) is 64.7 Å². The van der Waals surface area contributed by atoms with Crippen LogP contribution < -0.4 is 0 Å². The molecule has 0 aliphatic carbocycles. The largest absolute Gasteiger partial charge is 0.337 e. The summed E-state index contributed by atoms with van der Waals surface area (Å²) in [4.78, 5) is 24.5. The molecule has 3 rings (SSSR count). The molecule has 1 aromatic rings. The first-order valence-electron chi connectivity index (χ1n) is 10.2. The Balaban J connectivity index is 1.69. The smallest absolute Gasteiger partial charge is 0.240 e. The van der Waals surface area contributed by atoms with Crippen molar-refractivity contribution in [3.63, 3.8) is 0 Å². The summed E-state index contributed by atoms with van der Waals surface area (Å²) in [6, 6.07) is 0.0356. The topological polar surface area (TPSA) is 44.6 Å². The molecule has 146 valence electrons. The summed E-state index contributed by atoms with van der Waals surface area (Å²) < 4.78 is 2.11. The molecule has 26 heavy (non-hydrogen) atoms. The average Bonchev–Trinajstić information content (AvgIpc) is 3.22. The molecular formula is C20H35N5O. The van der Waals surface area contributed by atoms with Crippen LogP contribution in [-0.4, -0.2) is 76.5 Å². The zero-order valence-electron chi connectivity index (χ0n) is 16.9. The molecule has 1 amide bonds. The third kappa shape index (κ3) is 3.96. The second kappa shape index (κ2) is 8.09. The van der Waals surface area contributed by atoms with Crippen molar-refractivity contribution in [1.29, 1.82) is 0 Å². The zero-order chi connectivity index (χ0) is 18.7. The van der Waals surface area contributed by atoms with E-state index in [0.717, 1.165) is 51.4 Å². The van der Waals surface area contributed by atoms with E-state index in [1.807, 2.05) is 24.3 Å². The third-order valence-corrected chi connectivity index (χ3v) is 6.35. The lowest BCUT2D eigenvalue weighted by Crippen LogP contribution is -2.44. The Labute approximate surface area is 158 Å². The van der Waals surface area contributed by atoms with Crippen LogP contribution in [0.25, 0.3) is 0 Å². The lowest BCUT2D eigenvalue weighted by Gasteiger charge is -2.37. The Morgan fingerprint density at radius 3 is 2.73 bits per heavy atom. The number of amides is 1. The number of likely N-dealkylation sites (N-methyl/N-ethyl adjacent to an activating group) is 1. The Morgan fingerprint density at radius 2 is 2.08 bits per heavy atom. The van der Waals surface area contributed by atoms with Crippen LogP contribution in [0, 0.1) is 5.41 Å². The van der Waals surface area contributed by atoms with Gasteiger partial charge in [-0.3, -0.25) is 9.69 Å². The van der Waals surface area contributed by atoms with Crippen LogP contribution in [0.3, 0.4) is 0 Å². The number of carbonyl (C=O) groups excluding carboxylic acids is 1. The first-order valence-corrected chi connectivity index (χ1v) is 10.2. The minimum atomic E-state index is 0.0356. The predicted octanol–water partition coefficient (Wildman–Crippen LogP) is 2.06. The number of likely N-dealkylation sites (tertiary alicyclic amines) is 2. The normalized spacial score (nSPS) is 23.6. The van der Waals surface area contributed by atoms with E-state index in [1.165, 1.54) is 12.8 Å². The Hall–Kier alpha value is -1.40. The van der Waals surface area contributed by atoms with Gasteiger partial charge in [0, 0.05) is 32.5 Å². The summed E-state index contributed by atoms with van der Waals surface area (Å²) in [6.07, 6.45) is 8.37. The molecule has 2 fully saturated rings. The molecule has 2 saturated heterocycles. The van der Waals surface area contributed by atoms with Crippen molar-refractivity contribution in [1.82, 2.24) is 24.3 Å². The van der Waals surface area contributed by atoms with Gasteiger partial charge in [-0.2, -0.15) is 0 Å². The monoisotopic (exact) mass is 361 g/mol. The molecule has 0 radical (unpaired) electrons. The number of hydrogen-bond donors (Lipinski definition) is 0. The van der Waals surface area contributed by atoms with Gasteiger partial charge in [0.1, 0.15) is 5.82 Å². The molecule has 2 aliphatic heterocycles. The first kappa shape index (κ1) is 19.4. The van der Waals surface area contributed by atoms with Gasteiger partial charge in [-0.15, -0.1) is 0 Å². The van der Waals surface area contributed by atoms with E-state index >= 15 is 0 Å². The number of imidazole rings is 1. The fourth-order valence-electron chi connectivity index (χ4n) is 4.69. The van der Waals surface area contributed by atoms with E-state index in [4.69, 9.17) is 0 Å². The van der Waals surface area contributed by atoms with E-state index < -0.39 is 0 Å². The van der Waals surface area contributed by atoms with E-state index in [2.05, 4.69) is 40.2 Å². The van der Waals surface area contributed by atoms with Crippen molar-refractivity contribution in [3.8, 4) is 0 Å². The fourth-order valence-corrected chi connectivity index (χ4v) is 4.69. The number of carbonyl (C=O) groups is 1. The van der Waals surface area contributed by atoms with Gasteiger partial charge in [0.2, 0.25) is 5.91 Å². The maximum atomic E-state index is 13.3. The van der Waals surface area contributed by atoms with Gasteiger partial charge in [0.05, 0.1) is 12.6 Å². The predicted molar refractivity (Wildman–Crippen MR) is 104 cm³/mol. The molecule has 2 aliphatic rings. The van der Waals surface area contributed by atoms with E-state index in [1.54, 1.807) is 0 Å². The van der Waals surface area contributed by atoms with E-state index in [0.29, 0.717) is 12.0 Å². The first-order chi connectivity index (χ1) is 12.5. The Kier molecular flexibility index (Phi) is 6.03. The van der Waals surface area contributed by atoms with Crippen molar-refractivity contribution >= 4 is 5.91 Å². The number of hydrogen-bond acceptors (Lipinski definition) is 4. The molecule has 6 nitrogen and oxygen atoms in total. The molecule has 1 atom stereocenters. The molecule has 6 heteroatoms. The summed E-state index contributed by atoms with van der Waals surface area (Å²) in [5, 5.41) is 0. The van der Waals surface area contributed by atoms with Crippen LogP contribution in [-0.2, 0) is 17.9 Å². The molecule has 0 N–H and O–H groups in total. The summed E-state index contributed by atoms with van der Waals surface area (Å²) >= 11 is 0. The van der Waals surface area contributed by atoms with Crippen molar-refractivity contribution in [2.45, 2.75) is 58.7 Å². The second-order valence-corrected chi connectivity index (χ2v) is 8.32. The number of aromatic nitrogens is 2. The van der Waals surface area contributed by atoms with Crippen molar-refractivity contribution in [3.05, 3.63) is 18.2 Å². The standard InChI is InChI=1S/C20H35N5O/c1-5-10-25-16-20(7-11-22(3)12-8-20)14-17(25)19(26)23(4)15-18-21-9-13-24(18)6-2/h9,13,17H,5-8,10-12,14-16H2,1-4H3/t17-/m1/s1. The highest BCUT2D eigenvalue weighted by molar-refractivity contribution is 5.82. The van der Waals surface area contributed by atoms with Gasteiger partial charge in [-0.25, -0.2) is 4.98 Å². The number of rotatable bonds is 6. The second-order valence-electron chi connectivity index (χ2n) is 8.32. The Morgan fingerprint density at radius 1 is 1.35 bits per heavy atom. The van der Waals surface area contributed by atoms with Crippen LogP contribution in [0.1, 0.15) is 45.4 Å². The highest BCUT2D eigenvalue weighted by Crippen LogP contribution is 2.43. The summed E-state index contributed by atoms with van der Waals surface area (Å²) in [7, 11) is 4.14. The highest BCUT2D eigenvalue weighted by atomic mass is 16.2. The van der Waals surface area contributed by atoms with Crippen LogP contribution in [0.4, 0.5) is 0 Å². The highest BCUT2D eigenvalue weighted by Gasteiger charge is 2.47. The van der Waals surface area contributed by atoms with Gasteiger partial charge >= 0.3 is 0 Å². The molecular weight excluding hydrogens is 326 g/mol. The number of piperidine rings is 1. The van der Waals surface area contributed by atoms with Crippen LogP contribution in [0.15, 0.2) is 12.4 Å². The van der Waals surface area contributed by atoms with Crippen molar-refractivity contribution < 1.29 is 4.79 Å². The number of aryl methyl sites for hydroxylation is 1. The van der Waals surface area contributed by atoms with Crippen molar-refractivity contribution in [2.75, 3.05) is 40.3 Å². The SMILES string of the molecule is CCCN1CC2(CCN(C)CC2)C[C@@H]1C(=O)N(C)Cc1nccn1CC. The van der Waals surface area contributed by atoms with Gasteiger partial charge in [-0.1, -0.05) is 6.92 Å². The lowest BCUT2D eigenvalue weighted by molar-refractivity contribution is -0.135. The van der Waals surface area contributed by atoms with Gasteiger partial charge < -0.3 is 14.4 Å². The minimum absolute atomic E-state index is 0.0356. The summed E-state index contributed by atoms with van der Waals surface area (Å²) in [5.74, 6) is 1.23. The lowest BCUT2D eigenvalue weighted by atomic mass is 9.76. The average molecular weight is 362 g/mol. The maximum absolute atomic E-state index is 13.3. The van der Waals surface area contributed by atoms with Crippen molar-refractivity contribution in [2.24, 2.45) is 5.41 Å². The van der Waals surface area contributed by atoms with Crippen LogP contribution in [0.2, 0.25) is 0 Å². The summed E-state index contributed by atoms with van der Waals surface area (Å²) in [5.41, 5.74) is 0.338. The molecule has 1 aromatic heterocycles. The maximum Gasteiger partial charge on any atom is 0.240 e. The minimum Gasteiger partial charge on any atom is -0.337 e. The van der Waals surface area contributed by atoms with Gasteiger partial charge in [0.15, 0.2) is 0 Å². The fraction of sp³-hybridized carbons (Fsp3) is 0.800. The quantitative estimate of drug-likeness (QED) is 0.778. The van der Waals surface area contributed by atoms with E-state index in [-0.39, 0.29) is 11.9 Å². The molecule has 0 aromatic carbocycles. The molecule has 0 saturated carbocycles. The molecule has 0 bridgehead atoms. The molecule has 3 heterocycles. The molecule has 1 spiro atoms. The summed E-state index contributed by atoms with van der Waals surface area (Å²) in [6.45, 7) is 10.2. The van der Waals surface area contributed by atoms with E-state index in [9.17, 15) is 4.79 Å². The van der Waals surface area contributed by atoms with Crippen LogP contribution >= 0.6 is 0 Å². The van der Waals surface area contributed by atoms with Gasteiger partial charge in [0.25, 0.3) is 0 Å². The number of nitrogens with zero attached hydrogens (tertiary/aromatic N) is 5.